The fourth-order valence-electron chi connectivity index (χ4n) is 2.84. The van der Waals surface area contributed by atoms with Crippen molar-refractivity contribution in [3.8, 4) is 0 Å². The molecule has 0 aliphatic rings. The molecule has 0 radical (unpaired) electrons. The van der Waals surface area contributed by atoms with Crippen LogP contribution in [0.25, 0.3) is 11.0 Å². The molecule has 0 fully saturated rings. The summed E-state index contributed by atoms with van der Waals surface area (Å²) in [7, 11) is -2.84. The average molecular weight is 372 g/mol. The molecule has 2 rings (SSSR count). The van der Waals surface area contributed by atoms with Crippen LogP contribution in [0, 0.1) is 0 Å². The molecule has 0 aliphatic carbocycles. The van der Waals surface area contributed by atoms with E-state index in [4.69, 9.17) is 0 Å². The maximum atomic E-state index is 2.77. The van der Waals surface area contributed by atoms with Crippen molar-refractivity contribution in [2.24, 2.45) is 0 Å². The minimum atomic E-state index is -1.42. The second-order valence-corrected chi connectivity index (χ2v) is 19.7. The third-order valence-electron chi connectivity index (χ3n) is 3.56. The van der Waals surface area contributed by atoms with Gasteiger partial charge in [0.1, 0.15) is 16.5 Å². The highest BCUT2D eigenvalue weighted by Crippen LogP contribution is 2.39. The van der Waals surface area contributed by atoms with Crippen molar-refractivity contribution < 1.29 is 0 Å². The van der Waals surface area contributed by atoms with E-state index >= 15 is 0 Å². The second-order valence-electron chi connectivity index (χ2n) is 8.01. The molecule has 0 aliphatic heterocycles. The van der Waals surface area contributed by atoms with Crippen LogP contribution in [0.3, 0.4) is 0 Å². The van der Waals surface area contributed by atoms with Gasteiger partial charge in [0.2, 0.25) is 0 Å². The molecule has 0 amide bonds. The van der Waals surface area contributed by atoms with Crippen LogP contribution in [0.4, 0.5) is 0 Å². The van der Waals surface area contributed by atoms with Crippen molar-refractivity contribution in [2.45, 2.75) is 39.3 Å². The lowest BCUT2D eigenvalue weighted by Crippen LogP contribution is -2.54. The SMILES string of the molecule is C[Si](C)(C)N(S/C(=C/c1ccccc1)c1ccccc1)[Si](C)(C)C. The summed E-state index contributed by atoms with van der Waals surface area (Å²) in [5.74, 6) is 0. The normalized spacial score (nSPS) is 13.4. The standard InChI is InChI=1S/C20H29NSSi2/c1-23(2,3)21(24(4,5)6)22-20(19-15-11-8-12-16-19)17-18-13-9-7-10-14-18/h7-17H,1-6H3/b20-17+. The summed E-state index contributed by atoms with van der Waals surface area (Å²) in [4.78, 5) is 1.34. The first-order valence-corrected chi connectivity index (χ1v) is 16.2. The Balaban J connectivity index is 2.45. The molecule has 1 nitrogen and oxygen atoms in total. The molecule has 0 saturated heterocycles. The Hall–Kier alpha value is -1.08. The van der Waals surface area contributed by atoms with Gasteiger partial charge in [-0.1, -0.05) is 112 Å². The van der Waals surface area contributed by atoms with Gasteiger partial charge in [-0.05, 0) is 17.2 Å². The first-order valence-electron chi connectivity index (χ1n) is 8.48. The number of hydrogen-bond acceptors (Lipinski definition) is 2. The van der Waals surface area contributed by atoms with Gasteiger partial charge in [0.05, 0.1) is 0 Å². The zero-order chi connectivity index (χ0) is 17.8. The highest BCUT2D eigenvalue weighted by Gasteiger charge is 2.36. The van der Waals surface area contributed by atoms with E-state index in [2.05, 4.69) is 110 Å². The summed E-state index contributed by atoms with van der Waals surface area (Å²) in [5, 5.41) is 0. The molecule has 0 unspecified atom stereocenters. The Bertz CT molecular complexity index is 656. The quantitative estimate of drug-likeness (QED) is 0.312. The van der Waals surface area contributed by atoms with E-state index in [1.807, 2.05) is 11.9 Å². The van der Waals surface area contributed by atoms with Crippen molar-refractivity contribution in [3.63, 3.8) is 0 Å². The summed E-state index contributed by atoms with van der Waals surface area (Å²) < 4.78 is 2.77. The zero-order valence-corrected chi connectivity index (χ0v) is 18.5. The monoisotopic (exact) mass is 371 g/mol. The molecule has 0 heterocycles. The van der Waals surface area contributed by atoms with Gasteiger partial charge >= 0.3 is 0 Å². The van der Waals surface area contributed by atoms with Gasteiger partial charge in [-0.25, -0.2) is 0 Å². The number of rotatable bonds is 6. The molecular weight excluding hydrogens is 342 g/mol. The second kappa shape index (κ2) is 7.87. The van der Waals surface area contributed by atoms with Gasteiger partial charge in [-0.2, -0.15) is 0 Å². The maximum Gasteiger partial charge on any atom is 0.123 e. The lowest BCUT2D eigenvalue weighted by molar-refractivity contribution is 1.01. The molecule has 2 aromatic rings. The Labute approximate surface area is 154 Å². The predicted molar refractivity (Wildman–Crippen MR) is 117 cm³/mol. The van der Waals surface area contributed by atoms with Crippen LogP contribution in [-0.4, -0.2) is 20.1 Å². The summed E-state index contributed by atoms with van der Waals surface area (Å²) in [5.41, 5.74) is 2.56. The topological polar surface area (TPSA) is 3.24 Å². The van der Waals surface area contributed by atoms with Crippen molar-refractivity contribution in [1.82, 2.24) is 3.64 Å². The zero-order valence-electron chi connectivity index (χ0n) is 15.7. The maximum absolute atomic E-state index is 2.77. The first kappa shape index (κ1) is 19.3. The third kappa shape index (κ3) is 5.48. The highest BCUT2D eigenvalue weighted by molar-refractivity contribution is 8.08. The van der Waals surface area contributed by atoms with Crippen LogP contribution >= 0.6 is 11.9 Å². The molecule has 0 aromatic heterocycles. The van der Waals surface area contributed by atoms with Gasteiger partial charge < -0.3 is 0 Å². The minimum absolute atomic E-state index is 1.26. The molecular formula is C20H29NSSi2. The van der Waals surface area contributed by atoms with Gasteiger partial charge in [0, 0.05) is 4.91 Å². The van der Waals surface area contributed by atoms with Crippen molar-refractivity contribution in [3.05, 3.63) is 71.8 Å². The van der Waals surface area contributed by atoms with Gasteiger partial charge in [-0.15, -0.1) is 0 Å². The molecule has 2 aromatic carbocycles. The van der Waals surface area contributed by atoms with Crippen molar-refractivity contribution in [2.75, 3.05) is 0 Å². The Morgan fingerprint density at radius 2 is 1.21 bits per heavy atom. The van der Waals surface area contributed by atoms with Crippen LogP contribution in [-0.2, 0) is 0 Å². The van der Waals surface area contributed by atoms with E-state index in [0.29, 0.717) is 0 Å². The lowest BCUT2D eigenvalue weighted by Gasteiger charge is -2.42. The van der Waals surface area contributed by atoms with Gasteiger partial charge in [0.15, 0.2) is 0 Å². The van der Waals surface area contributed by atoms with E-state index in [1.54, 1.807) is 0 Å². The first-order chi connectivity index (χ1) is 11.2. The Kier molecular flexibility index (Phi) is 6.31. The molecule has 0 atom stereocenters. The van der Waals surface area contributed by atoms with Crippen LogP contribution < -0.4 is 0 Å². The summed E-state index contributed by atoms with van der Waals surface area (Å²) in [6.07, 6.45) is 2.33. The molecule has 0 spiro atoms. The van der Waals surface area contributed by atoms with E-state index in [1.165, 1.54) is 16.0 Å². The predicted octanol–water partition coefficient (Wildman–Crippen LogP) is 6.80. The van der Waals surface area contributed by atoms with Crippen molar-refractivity contribution >= 4 is 39.4 Å². The van der Waals surface area contributed by atoms with Gasteiger partial charge in [0.25, 0.3) is 0 Å². The Morgan fingerprint density at radius 1 is 0.750 bits per heavy atom. The molecule has 128 valence electrons. The molecule has 0 saturated carbocycles. The van der Waals surface area contributed by atoms with E-state index in [9.17, 15) is 0 Å². The van der Waals surface area contributed by atoms with Crippen LogP contribution in [0.5, 0.6) is 0 Å². The largest absolute Gasteiger partial charge is 0.289 e. The summed E-state index contributed by atoms with van der Waals surface area (Å²) in [6.45, 7) is 14.7. The molecule has 0 bridgehead atoms. The number of hydrogen-bond donors (Lipinski definition) is 0. The third-order valence-corrected chi connectivity index (χ3v) is 14.6. The van der Waals surface area contributed by atoms with E-state index in [-0.39, 0.29) is 0 Å². The van der Waals surface area contributed by atoms with Crippen LogP contribution in [0.2, 0.25) is 39.3 Å². The number of nitrogens with zero attached hydrogens (tertiary/aromatic N) is 1. The average Bonchev–Trinajstić information content (AvgIpc) is 2.51. The summed E-state index contributed by atoms with van der Waals surface area (Å²) >= 11 is 1.97. The fourth-order valence-corrected chi connectivity index (χ4v) is 14.3. The highest BCUT2D eigenvalue weighted by atomic mass is 32.2. The van der Waals surface area contributed by atoms with Crippen LogP contribution in [0.15, 0.2) is 60.7 Å². The Morgan fingerprint density at radius 3 is 1.67 bits per heavy atom. The minimum Gasteiger partial charge on any atom is -0.289 e. The number of benzene rings is 2. The lowest BCUT2D eigenvalue weighted by atomic mass is 10.1. The fraction of sp³-hybridized carbons (Fsp3) is 0.300. The molecule has 24 heavy (non-hydrogen) atoms. The van der Waals surface area contributed by atoms with Crippen molar-refractivity contribution in [1.29, 1.82) is 0 Å². The van der Waals surface area contributed by atoms with E-state index < -0.39 is 16.5 Å². The molecule has 0 N–H and O–H groups in total. The van der Waals surface area contributed by atoms with E-state index in [0.717, 1.165) is 0 Å². The molecule has 4 heteroatoms. The van der Waals surface area contributed by atoms with Gasteiger partial charge in [-0.3, -0.25) is 3.64 Å². The van der Waals surface area contributed by atoms with Crippen LogP contribution in [0.1, 0.15) is 11.1 Å². The summed E-state index contributed by atoms with van der Waals surface area (Å²) in [6, 6.07) is 21.4. The smallest absolute Gasteiger partial charge is 0.123 e.